The molecular weight excluding hydrogens is 416 g/mol. The van der Waals surface area contributed by atoms with Gasteiger partial charge in [0.25, 0.3) is 0 Å². The number of carbonyl (C=O) groups excluding carboxylic acids is 1. The summed E-state index contributed by atoms with van der Waals surface area (Å²) in [6, 6.07) is 0. The molecule has 2 aliphatic carbocycles. The Bertz CT molecular complexity index is 603. The third-order valence-corrected chi connectivity index (χ3v) is 7.64. The van der Waals surface area contributed by atoms with Gasteiger partial charge in [0.2, 0.25) is 0 Å². The number of rotatable bonds is 7. The molecule has 2 fully saturated rings. The SMILES string of the molecule is C=C(COC(=O)C(C)(C)C)C[C@H](O)C[C@@H](C)[C@H]1CC[C@H]2/C(=C/Br)CCC[C@]12C. The number of aliphatic hydroxyl groups excluding tert-OH is 1. The first-order valence-corrected chi connectivity index (χ1v) is 11.7. The lowest BCUT2D eigenvalue weighted by molar-refractivity contribution is -0.152. The summed E-state index contributed by atoms with van der Waals surface area (Å²) < 4.78 is 5.32. The average Bonchev–Trinajstić information content (AvgIpc) is 2.95. The number of halogens is 1. The first-order chi connectivity index (χ1) is 13.0. The molecule has 0 saturated heterocycles. The minimum absolute atomic E-state index is 0.199. The molecule has 160 valence electrons. The van der Waals surface area contributed by atoms with Crippen LogP contribution in [0.1, 0.15) is 79.6 Å². The van der Waals surface area contributed by atoms with Gasteiger partial charge in [0.15, 0.2) is 0 Å². The minimum Gasteiger partial charge on any atom is -0.461 e. The molecule has 0 aromatic heterocycles. The van der Waals surface area contributed by atoms with Crippen molar-refractivity contribution >= 4 is 21.9 Å². The standard InChI is InChI=1S/C24H39BrO3/c1-16(15-28-22(27)23(3,4)5)12-19(26)13-17(2)20-9-10-21-18(14-25)8-7-11-24(20,21)6/h14,17,19-21,26H,1,7-13,15H2,2-6H3/b18-14+/t17-,19+,20-,21+,24-/m1/s1. The van der Waals surface area contributed by atoms with E-state index in [1.54, 1.807) is 5.57 Å². The third-order valence-electron chi connectivity index (χ3n) is 7.05. The molecule has 4 heteroatoms. The summed E-state index contributed by atoms with van der Waals surface area (Å²) >= 11 is 3.59. The van der Waals surface area contributed by atoms with Crippen LogP contribution in [0, 0.1) is 28.6 Å². The van der Waals surface area contributed by atoms with Crippen LogP contribution in [0.4, 0.5) is 0 Å². The van der Waals surface area contributed by atoms with Gasteiger partial charge in [0, 0.05) is 0 Å². The Morgan fingerprint density at radius 3 is 2.71 bits per heavy atom. The highest BCUT2D eigenvalue weighted by Gasteiger charge is 2.50. The average molecular weight is 455 g/mol. The van der Waals surface area contributed by atoms with Crippen LogP contribution < -0.4 is 0 Å². The van der Waals surface area contributed by atoms with Crippen molar-refractivity contribution in [3.8, 4) is 0 Å². The Morgan fingerprint density at radius 1 is 1.43 bits per heavy atom. The Labute approximate surface area is 180 Å². The lowest BCUT2D eigenvalue weighted by Gasteiger charge is -2.44. The molecule has 0 amide bonds. The van der Waals surface area contributed by atoms with Gasteiger partial charge in [-0.05, 0) is 99.4 Å². The fourth-order valence-corrected chi connectivity index (χ4v) is 6.15. The molecule has 2 rings (SSSR count). The van der Waals surface area contributed by atoms with Gasteiger partial charge in [-0.2, -0.15) is 0 Å². The van der Waals surface area contributed by atoms with Crippen LogP contribution in [0.2, 0.25) is 0 Å². The lowest BCUT2D eigenvalue weighted by atomic mass is 9.61. The van der Waals surface area contributed by atoms with Crippen LogP contribution in [-0.2, 0) is 9.53 Å². The molecule has 0 bridgehead atoms. The van der Waals surface area contributed by atoms with Gasteiger partial charge in [-0.3, -0.25) is 4.79 Å². The topological polar surface area (TPSA) is 46.5 Å². The largest absolute Gasteiger partial charge is 0.461 e. The quantitative estimate of drug-likeness (QED) is 0.357. The van der Waals surface area contributed by atoms with Crippen LogP contribution in [0.5, 0.6) is 0 Å². The molecule has 0 aromatic rings. The summed E-state index contributed by atoms with van der Waals surface area (Å²) in [4.78, 5) is 14.1. The Balaban J connectivity index is 1.86. The van der Waals surface area contributed by atoms with Gasteiger partial charge < -0.3 is 9.84 Å². The molecule has 2 aliphatic rings. The summed E-state index contributed by atoms with van der Waals surface area (Å²) in [5.74, 6) is 1.60. The first kappa shape index (κ1) is 23.7. The number of allylic oxidation sites excluding steroid dienone is 1. The van der Waals surface area contributed by atoms with Gasteiger partial charge in [0.05, 0.1) is 11.5 Å². The second-order valence-electron chi connectivity index (χ2n) is 10.4. The molecule has 2 saturated carbocycles. The highest BCUT2D eigenvalue weighted by Crippen LogP contribution is 2.60. The van der Waals surface area contributed by atoms with Gasteiger partial charge in [-0.1, -0.05) is 41.9 Å². The van der Waals surface area contributed by atoms with Crippen molar-refractivity contribution < 1.29 is 14.6 Å². The molecule has 0 radical (unpaired) electrons. The first-order valence-electron chi connectivity index (χ1n) is 10.8. The van der Waals surface area contributed by atoms with Crippen molar-refractivity contribution in [2.45, 2.75) is 85.7 Å². The van der Waals surface area contributed by atoms with Gasteiger partial charge in [-0.15, -0.1) is 0 Å². The van der Waals surface area contributed by atoms with Crippen molar-refractivity contribution in [2.24, 2.45) is 28.6 Å². The molecule has 1 N–H and O–H groups in total. The number of carbonyl (C=O) groups is 1. The van der Waals surface area contributed by atoms with Crippen LogP contribution in [0.25, 0.3) is 0 Å². The van der Waals surface area contributed by atoms with Crippen LogP contribution in [-0.4, -0.2) is 23.8 Å². The number of esters is 1. The molecule has 0 aromatic carbocycles. The van der Waals surface area contributed by atoms with Crippen molar-refractivity contribution in [3.63, 3.8) is 0 Å². The summed E-state index contributed by atoms with van der Waals surface area (Å²) in [5, 5.41) is 10.6. The van der Waals surface area contributed by atoms with Crippen LogP contribution >= 0.6 is 15.9 Å². The van der Waals surface area contributed by atoms with Gasteiger partial charge in [-0.25, -0.2) is 0 Å². The van der Waals surface area contributed by atoms with Crippen molar-refractivity contribution in [2.75, 3.05) is 6.61 Å². The van der Waals surface area contributed by atoms with E-state index in [2.05, 4.69) is 41.3 Å². The Morgan fingerprint density at radius 2 is 2.11 bits per heavy atom. The second-order valence-corrected chi connectivity index (χ2v) is 10.9. The molecule has 28 heavy (non-hydrogen) atoms. The van der Waals surface area contributed by atoms with Crippen LogP contribution in [0.3, 0.4) is 0 Å². The number of aliphatic hydroxyl groups is 1. The Kier molecular flexibility index (Phi) is 8.00. The summed E-state index contributed by atoms with van der Waals surface area (Å²) in [6.07, 6.45) is 7.18. The zero-order valence-electron chi connectivity index (χ0n) is 18.4. The summed E-state index contributed by atoms with van der Waals surface area (Å²) in [7, 11) is 0. The zero-order chi connectivity index (χ0) is 21.1. The second kappa shape index (κ2) is 9.47. The van der Waals surface area contributed by atoms with E-state index in [0.717, 1.165) is 12.0 Å². The highest BCUT2D eigenvalue weighted by molar-refractivity contribution is 9.11. The van der Waals surface area contributed by atoms with E-state index >= 15 is 0 Å². The van der Waals surface area contributed by atoms with Crippen molar-refractivity contribution in [1.82, 2.24) is 0 Å². The molecule has 0 heterocycles. The molecular formula is C24H39BrO3. The maximum absolute atomic E-state index is 11.9. The predicted octanol–water partition coefficient (Wildman–Crippen LogP) is 6.40. The molecule has 0 unspecified atom stereocenters. The lowest BCUT2D eigenvalue weighted by Crippen LogP contribution is -2.36. The highest BCUT2D eigenvalue weighted by atomic mass is 79.9. The van der Waals surface area contributed by atoms with E-state index in [4.69, 9.17) is 4.74 Å². The molecule has 0 spiro atoms. The van der Waals surface area contributed by atoms with E-state index in [-0.39, 0.29) is 12.6 Å². The van der Waals surface area contributed by atoms with Gasteiger partial charge in [0.1, 0.15) is 6.61 Å². The van der Waals surface area contributed by atoms with E-state index in [9.17, 15) is 9.90 Å². The summed E-state index contributed by atoms with van der Waals surface area (Å²) in [5.41, 5.74) is 2.22. The van der Waals surface area contributed by atoms with Crippen molar-refractivity contribution in [1.29, 1.82) is 0 Å². The normalized spacial score (nSPS) is 31.3. The van der Waals surface area contributed by atoms with E-state index in [1.807, 2.05) is 20.8 Å². The predicted molar refractivity (Wildman–Crippen MR) is 119 cm³/mol. The maximum atomic E-state index is 11.9. The summed E-state index contributed by atoms with van der Waals surface area (Å²) in [6.45, 7) is 14.5. The molecule has 3 nitrogen and oxygen atoms in total. The maximum Gasteiger partial charge on any atom is 0.311 e. The third kappa shape index (κ3) is 5.50. The Hall–Kier alpha value is -0.610. The zero-order valence-corrected chi connectivity index (χ0v) is 20.0. The van der Waals surface area contributed by atoms with E-state index < -0.39 is 11.5 Å². The number of ether oxygens (including phenoxy) is 1. The minimum atomic E-state index is -0.510. The fourth-order valence-electron chi connectivity index (χ4n) is 5.60. The molecule has 0 aliphatic heterocycles. The number of hydrogen-bond acceptors (Lipinski definition) is 3. The van der Waals surface area contributed by atoms with Crippen LogP contribution in [0.15, 0.2) is 22.7 Å². The molecule has 5 atom stereocenters. The van der Waals surface area contributed by atoms with E-state index in [1.165, 1.54) is 32.1 Å². The van der Waals surface area contributed by atoms with Gasteiger partial charge >= 0.3 is 5.97 Å². The number of hydrogen-bond donors (Lipinski definition) is 1. The van der Waals surface area contributed by atoms with E-state index in [0.29, 0.717) is 29.6 Å². The van der Waals surface area contributed by atoms with Crippen molar-refractivity contribution in [3.05, 3.63) is 22.7 Å². The number of fused-ring (bicyclic) bond motifs is 1. The smallest absolute Gasteiger partial charge is 0.311 e. The fraction of sp³-hybridized carbons (Fsp3) is 0.792. The monoisotopic (exact) mass is 454 g/mol.